The Kier molecular flexibility index (Phi) is 4.13. The van der Waals surface area contributed by atoms with Gasteiger partial charge in [0.05, 0.1) is 18.1 Å². The van der Waals surface area contributed by atoms with E-state index in [1.807, 2.05) is 11.0 Å². The molecule has 1 N–H and O–H groups in total. The molecule has 1 aliphatic carbocycles. The molecular formula is C14H15FN2O2. The number of carbonyl (C=O) groups is 1. The summed E-state index contributed by atoms with van der Waals surface area (Å²) in [5.41, 5.74) is 0.877. The molecule has 19 heavy (non-hydrogen) atoms. The van der Waals surface area contributed by atoms with Gasteiger partial charge in [-0.2, -0.15) is 5.26 Å². The number of aliphatic carboxylic acids is 1. The van der Waals surface area contributed by atoms with E-state index in [2.05, 4.69) is 0 Å². The number of halogens is 1. The molecule has 0 atom stereocenters. The van der Waals surface area contributed by atoms with Gasteiger partial charge in [-0.05, 0) is 31.0 Å². The summed E-state index contributed by atoms with van der Waals surface area (Å²) < 4.78 is 13.7. The molecule has 0 radical (unpaired) electrons. The number of rotatable bonds is 6. The maximum atomic E-state index is 13.7. The summed E-state index contributed by atoms with van der Waals surface area (Å²) in [5, 5.41) is 17.5. The van der Waals surface area contributed by atoms with Crippen molar-refractivity contribution < 1.29 is 14.3 Å². The van der Waals surface area contributed by atoms with Gasteiger partial charge >= 0.3 is 5.97 Å². The Hall–Kier alpha value is -1.93. The summed E-state index contributed by atoms with van der Waals surface area (Å²) in [7, 11) is 0. The number of hydrogen-bond acceptors (Lipinski definition) is 3. The summed E-state index contributed by atoms with van der Waals surface area (Å²) in [4.78, 5) is 12.6. The number of benzene rings is 1. The highest BCUT2D eigenvalue weighted by Crippen LogP contribution is 2.29. The maximum absolute atomic E-state index is 13.7. The van der Waals surface area contributed by atoms with Gasteiger partial charge in [0, 0.05) is 24.7 Å². The zero-order valence-corrected chi connectivity index (χ0v) is 10.5. The third kappa shape index (κ3) is 3.76. The Bertz CT molecular complexity index is 521. The van der Waals surface area contributed by atoms with Crippen LogP contribution in [0.2, 0.25) is 0 Å². The molecule has 0 spiro atoms. The first-order valence-electron chi connectivity index (χ1n) is 6.24. The van der Waals surface area contributed by atoms with Crippen molar-refractivity contribution in [3.05, 3.63) is 35.1 Å². The van der Waals surface area contributed by atoms with E-state index in [1.165, 1.54) is 18.2 Å². The molecule has 0 aromatic heterocycles. The molecule has 0 unspecified atom stereocenters. The number of carboxylic acid groups (broad SMARTS) is 1. The number of hydrogen-bond donors (Lipinski definition) is 1. The summed E-state index contributed by atoms with van der Waals surface area (Å²) in [6.07, 6.45) is 2.11. The molecule has 0 heterocycles. The largest absolute Gasteiger partial charge is 0.481 e. The van der Waals surface area contributed by atoms with Crippen LogP contribution in [0.1, 0.15) is 30.4 Å². The molecule has 0 aliphatic heterocycles. The minimum absolute atomic E-state index is 0.0516. The van der Waals surface area contributed by atoms with E-state index in [4.69, 9.17) is 10.4 Å². The van der Waals surface area contributed by atoms with Crippen molar-refractivity contribution in [1.82, 2.24) is 4.90 Å². The molecule has 2 rings (SSSR count). The van der Waals surface area contributed by atoms with Gasteiger partial charge in [0.1, 0.15) is 5.82 Å². The Balaban J connectivity index is 2.08. The van der Waals surface area contributed by atoms with Crippen molar-refractivity contribution in [2.45, 2.75) is 31.8 Å². The SMILES string of the molecule is N#Cc1ccc(F)c(CN(CCC(=O)O)C2CC2)c1. The third-order valence-electron chi connectivity index (χ3n) is 3.22. The highest BCUT2D eigenvalue weighted by molar-refractivity contribution is 5.66. The molecule has 1 saturated carbocycles. The standard InChI is InChI=1S/C14H15FN2O2/c15-13-4-1-10(8-16)7-11(13)9-17(12-2-3-12)6-5-14(18)19/h1,4,7,12H,2-3,5-6,9H2,(H,18,19). The van der Waals surface area contributed by atoms with Crippen LogP contribution in [0.25, 0.3) is 0 Å². The summed E-state index contributed by atoms with van der Waals surface area (Å²) >= 11 is 0. The van der Waals surface area contributed by atoms with Crippen molar-refractivity contribution in [1.29, 1.82) is 5.26 Å². The van der Waals surface area contributed by atoms with Crippen LogP contribution in [0.4, 0.5) is 4.39 Å². The Morgan fingerprint density at radius 1 is 1.53 bits per heavy atom. The molecule has 5 heteroatoms. The molecule has 1 aliphatic rings. The normalized spacial score (nSPS) is 14.4. The van der Waals surface area contributed by atoms with Crippen LogP contribution in [0.5, 0.6) is 0 Å². The second-order valence-electron chi connectivity index (χ2n) is 4.76. The first kappa shape index (κ1) is 13.5. The minimum Gasteiger partial charge on any atom is -0.481 e. The molecular weight excluding hydrogens is 247 g/mol. The minimum atomic E-state index is -0.850. The van der Waals surface area contributed by atoms with E-state index in [0.717, 1.165) is 12.8 Å². The highest BCUT2D eigenvalue weighted by Gasteiger charge is 2.29. The van der Waals surface area contributed by atoms with Crippen molar-refractivity contribution in [2.75, 3.05) is 6.54 Å². The zero-order valence-electron chi connectivity index (χ0n) is 10.5. The molecule has 0 bridgehead atoms. The first-order chi connectivity index (χ1) is 9.10. The average molecular weight is 262 g/mol. The summed E-state index contributed by atoms with van der Waals surface area (Å²) in [6.45, 7) is 0.773. The Labute approximate surface area is 111 Å². The van der Waals surface area contributed by atoms with Crippen LogP contribution >= 0.6 is 0 Å². The van der Waals surface area contributed by atoms with Crippen molar-refractivity contribution in [3.63, 3.8) is 0 Å². The van der Waals surface area contributed by atoms with Crippen molar-refractivity contribution in [3.8, 4) is 6.07 Å². The topological polar surface area (TPSA) is 64.3 Å². The third-order valence-corrected chi connectivity index (χ3v) is 3.22. The molecule has 0 amide bonds. The molecule has 1 fully saturated rings. The molecule has 1 aromatic carbocycles. The monoisotopic (exact) mass is 262 g/mol. The van der Waals surface area contributed by atoms with Gasteiger partial charge < -0.3 is 5.11 Å². The van der Waals surface area contributed by atoms with E-state index >= 15 is 0 Å². The lowest BCUT2D eigenvalue weighted by molar-refractivity contribution is -0.137. The van der Waals surface area contributed by atoms with E-state index in [9.17, 15) is 9.18 Å². The number of nitrogens with zero attached hydrogens (tertiary/aromatic N) is 2. The zero-order chi connectivity index (χ0) is 13.8. The van der Waals surface area contributed by atoms with Gasteiger partial charge in [-0.15, -0.1) is 0 Å². The summed E-state index contributed by atoms with van der Waals surface area (Å²) in [6, 6.07) is 6.60. The molecule has 100 valence electrons. The van der Waals surface area contributed by atoms with E-state index < -0.39 is 5.97 Å². The van der Waals surface area contributed by atoms with Crippen molar-refractivity contribution in [2.24, 2.45) is 0 Å². The van der Waals surface area contributed by atoms with Crippen molar-refractivity contribution >= 4 is 5.97 Å². The first-order valence-corrected chi connectivity index (χ1v) is 6.24. The quantitative estimate of drug-likeness (QED) is 0.853. The van der Waals surface area contributed by atoms with Crippen LogP contribution in [0, 0.1) is 17.1 Å². The fourth-order valence-electron chi connectivity index (χ4n) is 2.05. The van der Waals surface area contributed by atoms with Crippen LogP contribution in [-0.4, -0.2) is 28.6 Å². The van der Waals surface area contributed by atoms with Crippen LogP contribution in [-0.2, 0) is 11.3 Å². The summed E-state index contributed by atoms with van der Waals surface area (Å²) in [5.74, 6) is -1.20. The number of nitriles is 1. The second kappa shape index (κ2) is 5.81. The fraction of sp³-hybridized carbons (Fsp3) is 0.429. The van der Waals surface area contributed by atoms with Gasteiger partial charge in [-0.1, -0.05) is 0 Å². The second-order valence-corrected chi connectivity index (χ2v) is 4.76. The average Bonchev–Trinajstić information content (AvgIpc) is 3.20. The van der Waals surface area contributed by atoms with Crippen LogP contribution in [0.15, 0.2) is 18.2 Å². The number of carboxylic acids is 1. The smallest absolute Gasteiger partial charge is 0.304 e. The molecule has 0 saturated heterocycles. The fourth-order valence-corrected chi connectivity index (χ4v) is 2.05. The predicted molar refractivity (Wildman–Crippen MR) is 66.8 cm³/mol. The Morgan fingerprint density at radius 3 is 2.84 bits per heavy atom. The lowest BCUT2D eigenvalue weighted by Crippen LogP contribution is -2.28. The van der Waals surface area contributed by atoms with E-state index in [-0.39, 0.29) is 12.2 Å². The van der Waals surface area contributed by atoms with Crippen LogP contribution in [0.3, 0.4) is 0 Å². The van der Waals surface area contributed by atoms with Crippen LogP contribution < -0.4 is 0 Å². The van der Waals surface area contributed by atoms with Gasteiger partial charge in [0.15, 0.2) is 0 Å². The predicted octanol–water partition coefficient (Wildman–Crippen LogP) is 2.14. The van der Waals surface area contributed by atoms with E-state index in [1.54, 1.807) is 0 Å². The van der Waals surface area contributed by atoms with Gasteiger partial charge in [-0.3, -0.25) is 9.69 Å². The molecule has 4 nitrogen and oxygen atoms in total. The highest BCUT2D eigenvalue weighted by atomic mass is 19.1. The lowest BCUT2D eigenvalue weighted by Gasteiger charge is -2.21. The lowest BCUT2D eigenvalue weighted by atomic mass is 10.1. The van der Waals surface area contributed by atoms with E-state index in [0.29, 0.717) is 30.3 Å². The maximum Gasteiger partial charge on any atom is 0.304 e. The van der Waals surface area contributed by atoms with Gasteiger partial charge in [-0.25, -0.2) is 4.39 Å². The Morgan fingerprint density at radius 2 is 2.26 bits per heavy atom. The molecule has 1 aromatic rings. The van der Waals surface area contributed by atoms with Gasteiger partial charge in [0.2, 0.25) is 0 Å². The van der Waals surface area contributed by atoms with Gasteiger partial charge in [0.25, 0.3) is 0 Å².